The highest BCUT2D eigenvalue weighted by Crippen LogP contribution is 2.41. The van der Waals surface area contributed by atoms with Crippen molar-refractivity contribution < 1.29 is 14.6 Å². The Morgan fingerprint density at radius 3 is 2.53 bits per heavy atom. The fourth-order valence-electron chi connectivity index (χ4n) is 3.66. The van der Waals surface area contributed by atoms with E-state index in [0.717, 1.165) is 36.8 Å². The maximum atomic E-state index is 12.6. The van der Waals surface area contributed by atoms with Crippen LogP contribution in [0.1, 0.15) is 94.1 Å². The maximum absolute atomic E-state index is 12.6. The summed E-state index contributed by atoms with van der Waals surface area (Å²) in [5, 5.41) is 10.0. The molecule has 1 unspecified atom stereocenters. The van der Waals surface area contributed by atoms with Crippen molar-refractivity contribution in [2.24, 2.45) is 0 Å². The first-order valence-electron chi connectivity index (χ1n) is 10.9. The van der Waals surface area contributed by atoms with Gasteiger partial charge in [-0.3, -0.25) is 4.79 Å². The van der Waals surface area contributed by atoms with Crippen LogP contribution in [0.2, 0.25) is 0 Å². The Morgan fingerprint density at radius 1 is 1.13 bits per heavy atom. The van der Waals surface area contributed by atoms with Gasteiger partial charge in [0.2, 0.25) is 0 Å². The fourth-order valence-corrected chi connectivity index (χ4v) is 3.66. The van der Waals surface area contributed by atoms with Gasteiger partial charge >= 0.3 is 0 Å². The zero-order valence-corrected chi connectivity index (χ0v) is 19.4. The first-order chi connectivity index (χ1) is 14.1. The summed E-state index contributed by atoms with van der Waals surface area (Å²) in [5.74, 6) is 7.29. The van der Waals surface area contributed by atoms with E-state index in [4.69, 9.17) is 4.74 Å². The third-order valence-electron chi connectivity index (χ3n) is 5.75. The Bertz CT molecular complexity index is 904. The first-order valence-corrected chi connectivity index (χ1v) is 10.9. The molecule has 0 saturated carbocycles. The minimum Gasteiger partial charge on any atom is -0.508 e. The van der Waals surface area contributed by atoms with Gasteiger partial charge in [0.05, 0.1) is 12.0 Å². The number of aromatic hydroxyl groups is 1. The summed E-state index contributed by atoms with van der Waals surface area (Å²) in [6.07, 6.45) is 10.4. The van der Waals surface area contributed by atoms with E-state index in [1.54, 1.807) is 0 Å². The second kappa shape index (κ2) is 10.5. The van der Waals surface area contributed by atoms with E-state index >= 15 is 0 Å². The van der Waals surface area contributed by atoms with Gasteiger partial charge in [0, 0.05) is 12.8 Å². The van der Waals surface area contributed by atoms with E-state index in [9.17, 15) is 9.90 Å². The Labute approximate surface area is 182 Å². The van der Waals surface area contributed by atoms with E-state index in [-0.39, 0.29) is 11.5 Å². The third-order valence-corrected chi connectivity index (χ3v) is 5.75. The van der Waals surface area contributed by atoms with Gasteiger partial charge in [-0.15, -0.1) is 11.8 Å². The van der Waals surface area contributed by atoms with E-state index in [1.165, 1.54) is 17.2 Å². The van der Waals surface area contributed by atoms with Gasteiger partial charge in [-0.2, -0.15) is 0 Å². The van der Waals surface area contributed by atoms with Crippen LogP contribution in [0.15, 0.2) is 29.4 Å². The quantitative estimate of drug-likeness (QED) is 0.300. The lowest BCUT2D eigenvalue weighted by molar-refractivity contribution is 0.0472. The molecule has 0 amide bonds. The number of fused-ring (bicyclic) bond motifs is 1. The van der Waals surface area contributed by atoms with Crippen molar-refractivity contribution in [2.45, 2.75) is 92.1 Å². The van der Waals surface area contributed by atoms with E-state index in [0.29, 0.717) is 30.6 Å². The number of allylic oxidation sites excluding steroid dienone is 4. The lowest BCUT2D eigenvalue weighted by Gasteiger charge is -2.36. The van der Waals surface area contributed by atoms with Crippen molar-refractivity contribution in [1.82, 2.24) is 0 Å². The molecule has 1 aliphatic rings. The van der Waals surface area contributed by atoms with Gasteiger partial charge in [0.25, 0.3) is 0 Å². The van der Waals surface area contributed by atoms with Crippen molar-refractivity contribution in [3.8, 4) is 23.3 Å². The number of phenols is 1. The summed E-state index contributed by atoms with van der Waals surface area (Å²) in [4.78, 5) is 12.6. The van der Waals surface area contributed by atoms with Gasteiger partial charge in [0.15, 0.2) is 5.78 Å². The Hall–Kier alpha value is -2.47. The predicted octanol–water partition coefficient (Wildman–Crippen LogP) is 6.99. The van der Waals surface area contributed by atoms with Crippen molar-refractivity contribution >= 4 is 5.78 Å². The summed E-state index contributed by atoms with van der Waals surface area (Å²) in [5.41, 5.74) is 4.33. The highest BCUT2D eigenvalue weighted by molar-refractivity contribution is 6.01. The summed E-state index contributed by atoms with van der Waals surface area (Å²) in [7, 11) is 0. The molecule has 0 fully saturated rings. The van der Waals surface area contributed by atoms with Gasteiger partial charge in [-0.1, -0.05) is 23.3 Å². The Balaban J connectivity index is 1.86. The zero-order chi connectivity index (χ0) is 22.3. The van der Waals surface area contributed by atoms with Gasteiger partial charge < -0.3 is 9.84 Å². The molecule has 1 heterocycles. The minimum atomic E-state index is -0.547. The molecule has 3 nitrogen and oxygen atoms in total. The van der Waals surface area contributed by atoms with Crippen LogP contribution in [-0.4, -0.2) is 16.5 Å². The SMILES string of the molecule is CC(C)=CCC/C(C)=C/CCC#CCCC1(C)CC(=O)c2cc(O)c(C)c(C)c2O1. The molecule has 30 heavy (non-hydrogen) atoms. The average Bonchev–Trinajstić information content (AvgIpc) is 2.66. The van der Waals surface area contributed by atoms with Gasteiger partial charge in [0.1, 0.15) is 17.1 Å². The van der Waals surface area contributed by atoms with Gasteiger partial charge in [-0.25, -0.2) is 0 Å². The summed E-state index contributed by atoms with van der Waals surface area (Å²) in [6, 6.07) is 1.54. The number of hydrogen-bond acceptors (Lipinski definition) is 3. The molecule has 0 aromatic heterocycles. The number of ether oxygens (including phenoxy) is 1. The zero-order valence-electron chi connectivity index (χ0n) is 19.4. The second-order valence-corrected chi connectivity index (χ2v) is 8.94. The topological polar surface area (TPSA) is 46.5 Å². The molecule has 162 valence electrons. The molecule has 1 aliphatic heterocycles. The van der Waals surface area contributed by atoms with E-state index in [1.807, 2.05) is 20.8 Å². The summed E-state index contributed by atoms with van der Waals surface area (Å²) >= 11 is 0. The number of unbranched alkanes of at least 4 members (excludes halogenated alkanes) is 1. The normalized spacial score (nSPS) is 18.2. The fraction of sp³-hybridized carbons (Fsp3) is 0.519. The van der Waals surface area contributed by atoms with Gasteiger partial charge in [-0.05, 0) is 84.4 Å². The monoisotopic (exact) mass is 408 g/mol. The van der Waals surface area contributed by atoms with E-state index < -0.39 is 5.60 Å². The molecule has 0 saturated heterocycles. The molecule has 0 radical (unpaired) electrons. The molecule has 0 bridgehead atoms. The van der Waals surface area contributed by atoms with Crippen LogP contribution in [0.5, 0.6) is 11.5 Å². The number of benzene rings is 1. The largest absolute Gasteiger partial charge is 0.508 e. The van der Waals surface area contributed by atoms with Crippen LogP contribution in [0.25, 0.3) is 0 Å². The molecule has 2 rings (SSSR count). The number of ketones is 1. The maximum Gasteiger partial charge on any atom is 0.170 e. The smallest absolute Gasteiger partial charge is 0.170 e. The third kappa shape index (κ3) is 6.52. The van der Waals surface area contributed by atoms with Crippen LogP contribution in [0.4, 0.5) is 0 Å². The van der Waals surface area contributed by atoms with Crippen molar-refractivity contribution in [1.29, 1.82) is 0 Å². The van der Waals surface area contributed by atoms with Crippen LogP contribution in [0, 0.1) is 25.7 Å². The Kier molecular flexibility index (Phi) is 8.35. The average molecular weight is 409 g/mol. The van der Waals surface area contributed by atoms with Crippen LogP contribution in [-0.2, 0) is 0 Å². The number of carbonyl (C=O) groups is 1. The molecule has 1 aromatic rings. The Morgan fingerprint density at radius 2 is 1.83 bits per heavy atom. The number of Topliss-reactive ketones (excluding diaryl/α,β-unsaturated/α-hetero) is 1. The lowest BCUT2D eigenvalue weighted by atomic mass is 9.86. The molecular weight excluding hydrogens is 372 g/mol. The van der Waals surface area contributed by atoms with Crippen LogP contribution >= 0.6 is 0 Å². The van der Waals surface area contributed by atoms with Crippen molar-refractivity contribution in [3.63, 3.8) is 0 Å². The molecule has 0 aliphatic carbocycles. The minimum absolute atomic E-state index is 0.0267. The number of phenolic OH excluding ortho intramolecular Hbond substituents is 1. The predicted molar refractivity (Wildman–Crippen MR) is 124 cm³/mol. The molecule has 1 atom stereocenters. The highest BCUT2D eigenvalue weighted by Gasteiger charge is 2.37. The highest BCUT2D eigenvalue weighted by atomic mass is 16.5. The standard InChI is InChI=1S/C27H36O3/c1-19(2)13-12-15-20(3)14-10-8-7-9-11-16-27(6)18-25(29)23-17-24(28)21(4)22(5)26(23)30-27/h13-14,17,28H,8,10-12,15-16,18H2,1-6H3/b20-14+. The van der Waals surface area contributed by atoms with Crippen LogP contribution < -0.4 is 4.74 Å². The molecular formula is C27H36O3. The summed E-state index contributed by atoms with van der Waals surface area (Å²) in [6.45, 7) is 12.2. The van der Waals surface area contributed by atoms with Crippen molar-refractivity contribution in [3.05, 3.63) is 46.1 Å². The second-order valence-electron chi connectivity index (χ2n) is 8.94. The van der Waals surface area contributed by atoms with Crippen LogP contribution in [0.3, 0.4) is 0 Å². The number of hydrogen-bond donors (Lipinski definition) is 1. The first kappa shape index (κ1) is 23.8. The van der Waals surface area contributed by atoms with E-state index in [2.05, 4.69) is 44.8 Å². The number of carbonyl (C=O) groups excluding carboxylic acids is 1. The molecule has 1 N–H and O–H groups in total. The molecule has 3 heteroatoms. The summed E-state index contributed by atoms with van der Waals surface area (Å²) < 4.78 is 6.26. The lowest BCUT2D eigenvalue weighted by Crippen LogP contribution is -2.39. The molecule has 0 spiro atoms. The number of rotatable bonds is 7. The molecule has 1 aromatic carbocycles. The van der Waals surface area contributed by atoms with Crippen molar-refractivity contribution in [2.75, 3.05) is 0 Å².